The highest BCUT2D eigenvalue weighted by molar-refractivity contribution is 8.15. The van der Waals surface area contributed by atoms with Crippen LogP contribution in [0.25, 0.3) is 11.3 Å². The summed E-state index contributed by atoms with van der Waals surface area (Å²) in [5.74, 6) is 0.463. The number of carbonyl (C=O) groups excluding carboxylic acids is 2. The van der Waals surface area contributed by atoms with E-state index in [1.807, 2.05) is 73.7 Å². The van der Waals surface area contributed by atoms with E-state index in [0.717, 1.165) is 39.9 Å². The minimum Gasteiger partial charge on any atom is -0.490 e. The molecule has 1 aromatic heterocycles. The van der Waals surface area contributed by atoms with Crippen molar-refractivity contribution in [2.24, 2.45) is 5.16 Å². The van der Waals surface area contributed by atoms with Crippen molar-refractivity contribution in [2.75, 3.05) is 13.2 Å². The number of hydrogen-bond acceptors (Lipinski definition) is 7. The number of pyridine rings is 1. The number of hydrogen-bond donors (Lipinski definition) is 1. The van der Waals surface area contributed by atoms with Gasteiger partial charge in [0.05, 0.1) is 16.7 Å². The largest absolute Gasteiger partial charge is 0.490 e. The second-order valence-corrected chi connectivity index (χ2v) is 8.56. The van der Waals surface area contributed by atoms with E-state index < -0.39 is 0 Å². The molecule has 1 unspecified atom stereocenters. The lowest BCUT2D eigenvalue weighted by Crippen LogP contribution is -2.25. The molecule has 1 fully saturated rings. The van der Waals surface area contributed by atoms with Crippen LogP contribution in [0.4, 0.5) is 4.79 Å². The number of amides is 2. The van der Waals surface area contributed by atoms with Gasteiger partial charge in [-0.05, 0) is 43.2 Å². The first-order valence-electron chi connectivity index (χ1n) is 10.5. The Morgan fingerprint density at radius 1 is 1.03 bits per heavy atom. The fraction of sp³-hybridized carbons (Fsp3) is 0.200. The Labute approximate surface area is 196 Å². The summed E-state index contributed by atoms with van der Waals surface area (Å²) in [5.41, 5.74) is 4.57. The molecule has 3 aromatic rings. The van der Waals surface area contributed by atoms with Crippen molar-refractivity contribution in [3.8, 4) is 17.0 Å². The van der Waals surface area contributed by atoms with Crippen LogP contribution >= 0.6 is 11.8 Å². The number of imide groups is 1. The molecule has 0 aliphatic carbocycles. The van der Waals surface area contributed by atoms with E-state index in [1.165, 1.54) is 0 Å². The van der Waals surface area contributed by atoms with Crippen LogP contribution in [0.15, 0.2) is 78.1 Å². The molecule has 168 valence electrons. The molecular formula is C25H23N3O4S. The lowest BCUT2D eigenvalue weighted by atomic mass is 10.1. The van der Waals surface area contributed by atoms with Gasteiger partial charge in [-0.2, -0.15) is 0 Å². The summed E-state index contributed by atoms with van der Waals surface area (Å²) < 4.78 is 5.68. The Hall–Kier alpha value is -3.65. The number of benzene rings is 2. The molecule has 0 saturated carbocycles. The minimum atomic E-state index is -0.372. The zero-order chi connectivity index (χ0) is 23.0. The smallest absolute Gasteiger partial charge is 0.286 e. The monoisotopic (exact) mass is 461 g/mol. The summed E-state index contributed by atoms with van der Waals surface area (Å²) in [6.45, 7) is 2.52. The maximum absolute atomic E-state index is 11.7. The van der Waals surface area contributed by atoms with Gasteiger partial charge < -0.3 is 9.57 Å². The van der Waals surface area contributed by atoms with E-state index in [1.54, 1.807) is 6.20 Å². The third kappa shape index (κ3) is 6.20. The van der Waals surface area contributed by atoms with E-state index in [9.17, 15) is 9.59 Å². The Kier molecular flexibility index (Phi) is 7.36. The van der Waals surface area contributed by atoms with Crippen molar-refractivity contribution in [3.63, 3.8) is 0 Å². The minimum absolute atomic E-state index is 0.235. The molecule has 1 saturated heterocycles. The Morgan fingerprint density at radius 3 is 2.48 bits per heavy atom. The highest BCUT2D eigenvalue weighted by Gasteiger charge is 2.31. The molecule has 1 atom stereocenters. The van der Waals surface area contributed by atoms with Crippen LogP contribution in [0.3, 0.4) is 0 Å². The fourth-order valence-corrected chi connectivity index (χ4v) is 4.10. The summed E-state index contributed by atoms with van der Waals surface area (Å²) in [7, 11) is 0. The van der Waals surface area contributed by atoms with E-state index in [2.05, 4.69) is 15.5 Å². The molecule has 2 heterocycles. The van der Waals surface area contributed by atoms with Gasteiger partial charge in [-0.1, -0.05) is 59.4 Å². The van der Waals surface area contributed by atoms with E-state index in [0.29, 0.717) is 25.4 Å². The normalized spacial score (nSPS) is 15.9. The number of thioether (sulfide) groups is 1. The molecule has 1 aliphatic heterocycles. The highest BCUT2D eigenvalue weighted by atomic mass is 32.2. The van der Waals surface area contributed by atoms with Gasteiger partial charge in [-0.25, -0.2) is 0 Å². The molecule has 0 bridgehead atoms. The van der Waals surface area contributed by atoms with Crippen LogP contribution in [0.5, 0.6) is 5.75 Å². The Bertz CT molecular complexity index is 1130. The number of carbonyl (C=O) groups is 2. The zero-order valence-electron chi connectivity index (χ0n) is 18.1. The quantitative estimate of drug-likeness (QED) is 0.287. The number of aromatic nitrogens is 1. The third-order valence-corrected chi connectivity index (χ3v) is 5.99. The molecule has 1 N–H and O–H groups in total. The number of nitrogens with one attached hydrogen (secondary N) is 1. The van der Waals surface area contributed by atoms with Gasteiger partial charge in [0.15, 0.2) is 6.61 Å². The number of rotatable bonds is 9. The van der Waals surface area contributed by atoms with Gasteiger partial charge >= 0.3 is 0 Å². The molecule has 2 amide bonds. The zero-order valence-corrected chi connectivity index (χ0v) is 18.9. The third-order valence-electron chi connectivity index (χ3n) is 5.01. The van der Waals surface area contributed by atoms with Gasteiger partial charge in [0.1, 0.15) is 12.4 Å². The average molecular weight is 462 g/mol. The van der Waals surface area contributed by atoms with Gasteiger partial charge in [0, 0.05) is 17.3 Å². The van der Waals surface area contributed by atoms with Crippen molar-refractivity contribution in [2.45, 2.75) is 18.6 Å². The first-order valence-corrected chi connectivity index (χ1v) is 11.4. The molecule has 0 spiro atoms. The molecule has 0 radical (unpaired) electrons. The number of oxime groups is 1. The standard InChI is InChI=1S/C25H23N3O4S/c1-17(20-9-12-22(26-16-20)19-5-3-2-4-6-19)28-32-14-13-31-21-10-7-18(8-11-21)15-23-24(29)27-25(30)33-23/h2-12,16,23H,13-15H2,1H3,(H,27,29,30). The summed E-state index contributed by atoms with van der Waals surface area (Å²) in [4.78, 5) is 32.8. The van der Waals surface area contributed by atoms with Gasteiger partial charge in [-0.15, -0.1) is 0 Å². The van der Waals surface area contributed by atoms with E-state index in [-0.39, 0.29) is 16.4 Å². The van der Waals surface area contributed by atoms with Crippen molar-refractivity contribution in [1.82, 2.24) is 10.3 Å². The molecule has 7 nitrogen and oxygen atoms in total. The van der Waals surface area contributed by atoms with Crippen molar-refractivity contribution in [1.29, 1.82) is 0 Å². The maximum atomic E-state index is 11.7. The predicted octanol–water partition coefficient (Wildman–Crippen LogP) is 4.46. The van der Waals surface area contributed by atoms with Gasteiger partial charge in [0.2, 0.25) is 5.91 Å². The lowest BCUT2D eigenvalue weighted by molar-refractivity contribution is -0.118. The Morgan fingerprint density at radius 2 is 1.82 bits per heavy atom. The van der Waals surface area contributed by atoms with Crippen LogP contribution in [-0.4, -0.2) is 40.3 Å². The second kappa shape index (κ2) is 10.8. The van der Waals surface area contributed by atoms with Crippen LogP contribution in [0.1, 0.15) is 18.1 Å². The molecule has 1 aliphatic rings. The molecule has 4 rings (SSSR count). The van der Waals surface area contributed by atoms with Crippen LogP contribution in [-0.2, 0) is 16.1 Å². The maximum Gasteiger partial charge on any atom is 0.286 e. The van der Waals surface area contributed by atoms with Crippen LogP contribution in [0, 0.1) is 0 Å². The average Bonchev–Trinajstić information content (AvgIpc) is 3.16. The highest BCUT2D eigenvalue weighted by Crippen LogP contribution is 2.24. The van der Waals surface area contributed by atoms with E-state index in [4.69, 9.17) is 9.57 Å². The van der Waals surface area contributed by atoms with Gasteiger partial charge in [0.25, 0.3) is 5.24 Å². The molecule has 2 aromatic carbocycles. The first-order chi connectivity index (χ1) is 16.1. The summed E-state index contributed by atoms with van der Waals surface area (Å²) in [6, 6.07) is 21.4. The summed E-state index contributed by atoms with van der Waals surface area (Å²) >= 11 is 1.03. The van der Waals surface area contributed by atoms with E-state index >= 15 is 0 Å². The van der Waals surface area contributed by atoms with Crippen LogP contribution in [0.2, 0.25) is 0 Å². The van der Waals surface area contributed by atoms with Crippen molar-refractivity contribution >= 4 is 28.6 Å². The number of ether oxygens (including phenoxy) is 1. The topological polar surface area (TPSA) is 89.9 Å². The first kappa shape index (κ1) is 22.5. The fourth-order valence-electron chi connectivity index (χ4n) is 3.24. The van der Waals surface area contributed by atoms with Crippen molar-refractivity contribution in [3.05, 3.63) is 84.1 Å². The molecular weight excluding hydrogens is 438 g/mol. The second-order valence-electron chi connectivity index (χ2n) is 7.39. The molecule has 8 heteroatoms. The lowest BCUT2D eigenvalue weighted by Gasteiger charge is -2.08. The summed E-state index contributed by atoms with van der Waals surface area (Å²) in [5, 5.41) is 5.78. The predicted molar refractivity (Wildman–Crippen MR) is 128 cm³/mol. The van der Waals surface area contributed by atoms with Gasteiger partial charge in [-0.3, -0.25) is 19.9 Å². The van der Waals surface area contributed by atoms with Crippen LogP contribution < -0.4 is 10.1 Å². The number of nitrogens with zero attached hydrogens (tertiary/aromatic N) is 2. The summed E-state index contributed by atoms with van der Waals surface area (Å²) in [6.07, 6.45) is 2.28. The van der Waals surface area contributed by atoms with Crippen molar-refractivity contribution < 1.29 is 19.2 Å². The Balaban J connectivity index is 1.20. The SMILES string of the molecule is CC(=NOCCOc1ccc(CC2SC(=O)NC2=O)cc1)c1ccc(-c2ccccc2)nc1. The molecule has 33 heavy (non-hydrogen) atoms.